The van der Waals surface area contributed by atoms with Crippen LogP contribution in [-0.4, -0.2) is 18.7 Å². The van der Waals surface area contributed by atoms with E-state index >= 15 is 0 Å². The second kappa shape index (κ2) is 5.53. The molecule has 3 heteroatoms. The van der Waals surface area contributed by atoms with Gasteiger partial charge in [0.1, 0.15) is 5.60 Å². The normalized spacial score (nSPS) is 11.5. The summed E-state index contributed by atoms with van der Waals surface area (Å²) in [7, 11) is 1.58. The van der Waals surface area contributed by atoms with Gasteiger partial charge in [-0.05, 0) is 44.5 Å². The van der Waals surface area contributed by atoms with Gasteiger partial charge < -0.3 is 9.47 Å². The van der Waals surface area contributed by atoms with Crippen molar-refractivity contribution in [1.82, 2.24) is 0 Å². The second-order valence-corrected chi connectivity index (χ2v) is 4.67. The molecule has 0 atom stereocenters. The summed E-state index contributed by atoms with van der Waals surface area (Å²) in [6.07, 6.45) is 3.35. The summed E-state index contributed by atoms with van der Waals surface area (Å²) >= 11 is 0. The largest absolute Gasteiger partial charge is 0.504 e. The molecule has 0 aliphatic heterocycles. The van der Waals surface area contributed by atoms with Crippen molar-refractivity contribution >= 4 is 12.0 Å². The Labute approximate surface area is 102 Å². The van der Waals surface area contributed by atoms with E-state index in [0.29, 0.717) is 5.56 Å². The molecular weight excluding hydrogens is 216 g/mol. The molecule has 0 unspecified atom stereocenters. The van der Waals surface area contributed by atoms with Crippen LogP contribution in [0.5, 0.6) is 0 Å². The Bertz CT molecular complexity index is 414. The highest BCUT2D eigenvalue weighted by Crippen LogP contribution is 2.14. The molecule has 0 radical (unpaired) electrons. The molecule has 0 bridgehead atoms. The molecule has 0 spiro atoms. The molecular formula is C14H18O3. The molecule has 0 heterocycles. The number of hydrogen-bond acceptors (Lipinski definition) is 3. The predicted octanol–water partition coefficient (Wildman–Crippen LogP) is 3.26. The van der Waals surface area contributed by atoms with Crippen LogP contribution >= 0.6 is 0 Å². The number of rotatable bonds is 3. The fourth-order valence-electron chi connectivity index (χ4n) is 1.25. The van der Waals surface area contributed by atoms with Crippen molar-refractivity contribution in [3.8, 4) is 0 Å². The SMILES string of the molecule is COC=Cc1cccc(C(=O)OC(C)(C)C)c1. The van der Waals surface area contributed by atoms with Crippen LogP contribution in [-0.2, 0) is 9.47 Å². The van der Waals surface area contributed by atoms with Crippen LogP contribution in [0.1, 0.15) is 36.7 Å². The van der Waals surface area contributed by atoms with Gasteiger partial charge in [-0.1, -0.05) is 12.1 Å². The van der Waals surface area contributed by atoms with E-state index in [9.17, 15) is 4.79 Å². The molecule has 17 heavy (non-hydrogen) atoms. The molecule has 0 N–H and O–H groups in total. The Morgan fingerprint density at radius 1 is 1.29 bits per heavy atom. The molecule has 0 fully saturated rings. The molecule has 92 valence electrons. The predicted molar refractivity (Wildman–Crippen MR) is 67.7 cm³/mol. The van der Waals surface area contributed by atoms with Crippen molar-refractivity contribution < 1.29 is 14.3 Å². The Morgan fingerprint density at radius 3 is 2.59 bits per heavy atom. The maximum Gasteiger partial charge on any atom is 0.338 e. The van der Waals surface area contributed by atoms with Crippen LogP contribution in [0.4, 0.5) is 0 Å². The van der Waals surface area contributed by atoms with Crippen molar-refractivity contribution in [2.75, 3.05) is 7.11 Å². The summed E-state index contributed by atoms with van der Waals surface area (Å²) in [5.74, 6) is -0.315. The third-order valence-electron chi connectivity index (χ3n) is 1.92. The highest BCUT2D eigenvalue weighted by atomic mass is 16.6. The van der Waals surface area contributed by atoms with Gasteiger partial charge in [-0.25, -0.2) is 4.79 Å². The molecule has 3 nitrogen and oxygen atoms in total. The van der Waals surface area contributed by atoms with Crippen molar-refractivity contribution in [3.05, 3.63) is 41.7 Å². The molecule has 0 amide bonds. The monoisotopic (exact) mass is 234 g/mol. The second-order valence-electron chi connectivity index (χ2n) is 4.67. The Balaban J connectivity index is 2.84. The van der Waals surface area contributed by atoms with Gasteiger partial charge >= 0.3 is 5.97 Å². The standard InChI is InChI=1S/C14H18O3/c1-14(2,3)17-13(15)12-7-5-6-11(10-12)8-9-16-4/h5-10H,1-4H3. The zero-order valence-electron chi connectivity index (χ0n) is 10.7. The average molecular weight is 234 g/mol. The molecule has 0 aromatic heterocycles. The lowest BCUT2D eigenvalue weighted by molar-refractivity contribution is 0.00695. The summed E-state index contributed by atoms with van der Waals surface area (Å²) in [5, 5.41) is 0. The van der Waals surface area contributed by atoms with Gasteiger partial charge in [0.25, 0.3) is 0 Å². The van der Waals surface area contributed by atoms with E-state index in [0.717, 1.165) is 5.56 Å². The quantitative estimate of drug-likeness (QED) is 0.595. The van der Waals surface area contributed by atoms with Crippen molar-refractivity contribution in [1.29, 1.82) is 0 Å². The van der Waals surface area contributed by atoms with Gasteiger partial charge in [-0.3, -0.25) is 0 Å². The molecule has 1 aromatic carbocycles. The van der Waals surface area contributed by atoms with E-state index in [2.05, 4.69) is 0 Å². The molecule has 1 aromatic rings. The Kier molecular flexibility index (Phi) is 4.32. The molecule has 1 rings (SSSR count). The van der Waals surface area contributed by atoms with E-state index in [4.69, 9.17) is 9.47 Å². The van der Waals surface area contributed by atoms with E-state index in [1.165, 1.54) is 0 Å². The van der Waals surface area contributed by atoms with E-state index in [1.54, 1.807) is 31.6 Å². The van der Waals surface area contributed by atoms with Crippen LogP contribution < -0.4 is 0 Å². The third kappa shape index (κ3) is 4.72. The number of carbonyl (C=O) groups excluding carboxylic acids is 1. The number of benzene rings is 1. The molecule has 0 saturated heterocycles. The van der Waals surface area contributed by atoms with Crippen molar-refractivity contribution in [2.45, 2.75) is 26.4 Å². The van der Waals surface area contributed by atoms with Gasteiger partial charge in [0.2, 0.25) is 0 Å². The first-order chi connectivity index (χ1) is 7.92. The van der Waals surface area contributed by atoms with Crippen LogP contribution in [0.3, 0.4) is 0 Å². The minimum Gasteiger partial charge on any atom is -0.504 e. The fraction of sp³-hybridized carbons (Fsp3) is 0.357. The minimum atomic E-state index is -0.477. The van der Waals surface area contributed by atoms with Gasteiger partial charge in [0, 0.05) is 0 Å². The van der Waals surface area contributed by atoms with Crippen molar-refractivity contribution in [3.63, 3.8) is 0 Å². The summed E-state index contributed by atoms with van der Waals surface area (Å²) in [4.78, 5) is 11.8. The number of ether oxygens (including phenoxy) is 2. The van der Waals surface area contributed by atoms with Crippen LogP contribution in [0, 0.1) is 0 Å². The fourth-order valence-corrected chi connectivity index (χ4v) is 1.25. The number of methoxy groups -OCH3 is 1. The maximum absolute atomic E-state index is 11.8. The molecule has 0 saturated carbocycles. The van der Waals surface area contributed by atoms with E-state index < -0.39 is 5.60 Å². The zero-order chi connectivity index (χ0) is 12.9. The summed E-state index contributed by atoms with van der Waals surface area (Å²) in [6.45, 7) is 5.54. The number of esters is 1. The topological polar surface area (TPSA) is 35.5 Å². The first-order valence-electron chi connectivity index (χ1n) is 5.45. The third-order valence-corrected chi connectivity index (χ3v) is 1.92. The summed E-state index contributed by atoms with van der Waals surface area (Å²) in [5.41, 5.74) is 0.962. The lowest BCUT2D eigenvalue weighted by Gasteiger charge is -2.19. The first kappa shape index (κ1) is 13.3. The lowest BCUT2D eigenvalue weighted by Crippen LogP contribution is -2.23. The van der Waals surface area contributed by atoms with Gasteiger partial charge in [0.05, 0.1) is 18.9 Å². The first-order valence-corrected chi connectivity index (χ1v) is 5.45. The summed E-state index contributed by atoms with van der Waals surface area (Å²) < 4.78 is 10.1. The van der Waals surface area contributed by atoms with Gasteiger partial charge in [-0.2, -0.15) is 0 Å². The molecule has 0 aliphatic rings. The average Bonchev–Trinajstić information content (AvgIpc) is 2.24. The van der Waals surface area contributed by atoms with E-state index in [1.807, 2.05) is 32.9 Å². The smallest absolute Gasteiger partial charge is 0.338 e. The van der Waals surface area contributed by atoms with Crippen LogP contribution in [0.15, 0.2) is 30.5 Å². The van der Waals surface area contributed by atoms with Crippen LogP contribution in [0.25, 0.3) is 6.08 Å². The Morgan fingerprint density at radius 2 is 2.00 bits per heavy atom. The van der Waals surface area contributed by atoms with E-state index in [-0.39, 0.29) is 5.97 Å². The summed E-state index contributed by atoms with van der Waals surface area (Å²) in [6, 6.07) is 7.21. The van der Waals surface area contributed by atoms with Gasteiger partial charge in [0.15, 0.2) is 0 Å². The maximum atomic E-state index is 11.8. The van der Waals surface area contributed by atoms with Crippen LogP contribution in [0.2, 0.25) is 0 Å². The highest BCUT2D eigenvalue weighted by Gasteiger charge is 2.17. The molecule has 0 aliphatic carbocycles. The number of hydrogen-bond donors (Lipinski definition) is 0. The highest BCUT2D eigenvalue weighted by molar-refractivity contribution is 5.90. The minimum absolute atomic E-state index is 0.315. The van der Waals surface area contributed by atoms with Crippen molar-refractivity contribution in [2.24, 2.45) is 0 Å². The number of carbonyl (C=O) groups is 1. The zero-order valence-corrected chi connectivity index (χ0v) is 10.7. The Hall–Kier alpha value is -1.77. The van der Waals surface area contributed by atoms with Gasteiger partial charge in [-0.15, -0.1) is 0 Å². The lowest BCUT2D eigenvalue weighted by atomic mass is 10.1.